The molecule has 0 unspecified atom stereocenters. The Morgan fingerprint density at radius 3 is 2.70 bits per heavy atom. The second kappa shape index (κ2) is 7.28. The lowest BCUT2D eigenvalue weighted by atomic mass is 10.1. The lowest BCUT2D eigenvalue weighted by Crippen LogP contribution is -2.33. The van der Waals surface area contributed by atoms with Crippen LogP contribution in [0.4, 0.5) is 8.78 Å². The molecule has 0 aliphatic carbocycles. The predicted octanol–water partition coefficient (Wildman–Crippen LogP) is 1.20. The summed E-state index contributed by atoms with van der Waals surface area (Å²) in [5.41, 5.74) is -1.05. The van der Waals surface area contributed by atoms with Gasteiger partial charge in [0.1, 0.15) is 0 Å². The van der Waals surface area contributed by atoms with Crippen LogP contribution in [-0.4, -0.2) is 33.9 Å². The van der Waals surface area contributed by atoms with Crippen molar-refractivity contribution in [1.82, 2.24) is 15.1 Å². The summed E-state index contributed by atoms with van der Waals surface area (Å²) in [5, 5.41) is 14.9. The van der Waals surface area contributed by atoms with Crippen LogP contribution in [0.25, 0.3) is 10.9 Å². The molecule has 2 aromatic rings. The monoisotopic (exact) mass is 325 g/mol. The molecule has 0 saturated carbocycles. The number of aryl methyl sites for hydroxylation is 1. The molecule has 1 aromatic carbocycles. The van der Waals surface area contributed by atoms with E-state index in [1.807, 2.05) is 6.92 Å². The Kier molecular flexibility index (Phi) is 5.38. The first-order chi connectivity index (χ1) is 11.0. The fourth-order valence-corrected chi connectivity index (χ4v) is 2.16. The summed E-state index contributed by atoms with van der Waals surface area (Å²) in [7, 11) is 0. The van der Waals surface area contributed by atoms with Crippen molar-refractivity contribution in [2.45, 2.75) is 26.3 Å². The minimum atomic E-state index is -1.16. The number of carbonyl (C=O) groups is 1. The van der Waals surface area contributed by atoms with E-state index in [0.717, 1.165) is 18.6 Å². The molecule has 2 rings (SSSR count). The average Bonchev–Trinajstić information content (AvgIpc) is 2.54. The molecule has 1 amide bonds. The molecule has 0 saturated heterocycles. The topological polar surface area (TPSA) is 84.2 Å². The Morgan fingerprint density at radius 1 is 1.35 bits per heavy atom. The molecule has 124 valence electrons. The summed E-state index contributed by atoms with van der Waals surface area (Å²) in [6, 6.07) is 1.68. The number of fused-ring (bicyclic) bond motifs is 1. The number of hydrogen-bond donors (Lipinski definition) is 2. The van der Waals surface area contributed by atoms with Crippen LogP contribution < -0.4 is 10.7 Å². The number of halogens is 2. The van der Waals surface area contributed by atoms with Gasteiger partial charge >= 0.3 is 0 Å². The molecular formula is C15H17F2N3O3. The van der Waals surface area contributed by atoms with Crippen molar-refractivity contribution in [2.75, 3.05) is 13.2 Å². The van der Waals surface area contributed by atoms with Crippen molar-refractivity contribution in [3.8, 4) is 0 Å². The molecule has 6 nitrogen and oxygen atoms in total. The number of carbonyl (C=O) groups excluding carboxylic acids is 1. The van der Waals surface area contributed by atoms with Gasteiger partial charge in [-0.3, -0.25) is 14.3 Å². The first-order valence-corrected chi connectivity index (χ1v) is 7.28. The van der Waals surface area contributed by atoms with Crippen LogP contribution in [-0.2, 0) is 6.54 Å². The minimum Gasteiger partial charge on any atom is -0.395 e. The Morgan fingerprint density at radius 2 is 2.04 bits per heavy atom. The van der Waals surface area contributed by atoms with E-state index in [2.05, 4.69) is 10.4 Å². The fourth-order valence-electron chi connectivity index (χ4n) is 2.16. The van der Waals surface area contributed by atoms with E-state index < -0.39 is 28.7 Å². The van der Waals surface area contributed by atoms with Gasteiger partial charge in [-0.25, -0.2) is 8.78 Å². The van der Waals surface area contributed by atoms with Gasteiger partial charge in [-0.05, 0) is 12.5 Å². The van der Waals surface area contributed by atoms with Gasteiger partial charge in [0.05, 0.1) is 17.5 Å². The third-order valence-corrected chi connectivity index (χ3v) is 3.33. The van der Waals surface area contributed by atoms with Crippen LogP contribution in [0.1, 0.15) is 30.3 Å². The summed E-state index contributed by atoms with van der Waals surface area (Å²) in [5.74, 6) is -3.01. The second-order valence-electron chi connectivity index (χ2n) is 5.02. The molecular weight excluding hydrogens is 308 g/mol. The number of rotatable bonds is 6. The van der Waals surface area contributed by atoms with Crippen LogP contribution in [0.15, 0.2) is 16.9 Å². The minimum absolute atomic E-state index is 0.0370. The highest BCUT2D eigenvalue weighted by atomic mass is 19.2. The van der Waals surface area contributed by atoms with Gasteiger partial charge in [-0.2, -0.15) is 5.10 Å². The fraction of sp³-hybridized carbons (Fsp3) is 0.400. The van der Waals surface area contributed by atoms with Gasteiger partial charge in [-0.1, -0.05) is 13.3 Å². The SMILES string of the molecule is CCCCn1nc(C(=O)NCCO)c(=O)c2cc(F)c(F)cc21. The third kappa shape index (κ3) is 3.53. The normalized spacial score (nSPS) is 11.0. The maximum atomic E-state index is 13.5. The maximum absolute atomic E-state index is 13.5. The van der Waals surface area contributed by atoms with Crippen LogP contribution in [0.2, 0.25) is 0 Å². The molecule has 0 fully saturated rings. The quantitative estimate of drug-likeness (QED) is 0.836. The number of nitrogens with zero attached hydrogens (tertiary/aromatic N) is 2. The average molecular weight is 325 g/mol. The first kappa shape index (κ1) is 17.0. The first-order valence-electron chi connectivity index (χ1n) is 7.28. The van der Waals surface area contributed by atoms with Crippen LogP contribution in [0.3, 0.4) is 0 Å². The standard InChI is InChI=1S/C15H17F2N3O3/c1-2-3-5-20-12-8-11(17)10(16)7-9(12)14(22)13(19-20)15(23)18-4-6-21/h7-8,21H,2-6H2,1H3,(H,18,23). The van der Waals surface area contributed by atoms with Gasteiger partial charge in [0.2, 0.25) is 5.43 Å². The van der Waals surface area contributed by atoms with Crippen LogP contribution >= 0.6 is 0 Å². The van der Waals surface area contributed by atoms with E-state index in [1.165, 1.54) is 4.68 Å². The summed E-state index contributed by atoms with van der Waals surface area (Å²) in [6.07, 6.45) is 1.52. The van der Waals surface area contributed by atoms with E-state index in [-0.39, 0.29) is 24.1 Å². The van der Waals surface area contributed by atoms with Crippen molar-refractivity contribution in [3.63, 3.8) is 0 Å². The molecule has 1 heterocycles. The van der Waals surface area contributed by atoms with E-state index >= 15 is 0 Å². The number of amides is 1. The van der Waals surface area contributed by atoms with Crippen molar-refractivity contribution < 1.29 is 18.7 Å². The maximum Gasteiger partial charge on any atom is 0.275 e. The Hall–Kier alpha value is -2.35. The van der Waals surface area contributed by atoms with Crippen molar-refractivity contribution in [2.24, 2.45) is 0 Å². The largest absolute Gasteiger partial charge is 0.395 e. The van der Waals surface area contributed by atoms with Gasteiger partial charge in [-0.15, -0.1) is 0 Å². The summed E-state index contributed by atoms with van der Waals surface area (Å²) in [4.78, 5) is 24.3. The lowest BCUT2D eigenvalue weighted by Gasteiger charge is -2.12. The zero-order chi connectivity index (χ0) is 17.0. The molecule has 1 aromatic heterocycles. The molecule has 0 atom stereocenters. The Bertz CT molecular complexity index is 790. The Labute approximate surface area is 130 Å². The number of aromatic nitrogens is 2. The van der Waals surface area contributed by atoms with Crippen molar-refractivity contribution >= 4 is 16.8 Å². The predicted molar refractivity (Wildman–Crippen MR) is 80.2 cm³/mol. The van der Waals surface area contributed by atoms with E-state index in [9.17, 15) is 18.4 Å². The van der Waals surface area contributed by atoms with Crippen molar-refractivity contribution in [1.29, 1.82) is 0 Å². The summed E-state index contributed by atoms with van der Waals surface area (Å²) >= 11 is 0. The van der Waals surface area contributed by atoms with E-state index in [1.54, 1.807) is 0 Å². The number of nitrogens with one attached hydrogen (secondary N) is 1. The molecule has 23 heavy (non-hydrogen) atoms. The van der Waals surface area contributed by atoms with Gasteiger partial charge in [0.15, 0.2) is 17.3 Å². The lowest BCUT2D eigenvalue weighted by molar-refractivity contribution is 0.0936. The van der Waals surface area contributed by atoms with Crippen LogP contribution in [0.5, 0.6) is 0 Å². The molecule has 0 radical (unpaired) electrons. The zero-order valence-electron chi connectivity index (χ0n) is 12.6. The molecule has 8 heteroatoms. The van der Waals surface area contributed by atoms with Crippen LogP contribution in [0, 0.1) is 11.6 Å². The Balaban J connectivity index is 2.65. The number of aliphatic hydroxyl groups is 1. The third-order valence-electron chi connectivity index (χ3n) is 3.33. The van der Waals surface area contributed by atoms with E-state index in [0.29, 0.717) is 13.0 Å². The summed E-state index contributed by atoms with van der Waals surface area (Å²) in [6.45, 7) is 1.98. The van der Waals surface area contributed by atoms with Gasteiger partial charge in [0.25, 0.3) is 5.91 Å². The molecule has 0 aliphatic rings. The highest BCUT2D eigenvalue weighted by Gasteiger charge is 2.19. The van der Waals surface area contributed by atoms with Crippen molar-refractivity contribution in [3.05, 3.63) is 39.7 Å². The number of unbranched alkanes of at least 4 members (excludes halogenated alkanes) is 1. The molecule has 0 aliphatic heterocycles. The zero-order valence-corrected chi connectivity index (χ0v) is 12.6. The highest BCUT2D eigenvalue weighted by molar-refractivity contribution is 5.95. The highest BCUT2D eigenvalue weighted by Crippen LogP contribution is 2.16. The number of hydrogen-bond acceptors (Lipinski definition) is 4. The van der Waals surface area contributed by atoms with Gasteiger partial charge < -0.3 is 10.4 Å². The molecule has 0 bridgehead atoms. The summed E-state index contributed by atoms with van der Waals surface area (Å²) < 4.78 is 28.3. The number of benzene rings is 1. The smallest absolute Gasteiger partial charge is 0.275 e. The van der Waals surface area contributed by atoms with E-state index in [4.69, 9.17) is 5.11 Å². The van der Waals surface area contributed by atoms with Gasteiger partial charge in [0, 0.05) is 19.2 Å². The number of aliphatic hydroxyl groups excluding tert-OH is 1. The molecule has 2 N–H and O–H groups in total. The second-order valence-corrected chi connectivity index (χ2v) is 5.02. The molecule has 0 spiro atoms.